The molecule has 2 heteroatoms. The van der Waals surface area contributed by atoms with Crippen LogP contribution in [0.15, 0.2) is 48.5 Å². The van der Waals surface area contributed by atoms with Crippen molar-refractivity contribution in [3.63, 3.8) is 0 Å². The van der Waals surface area contributed by atoms with Crippen LogP contribution in [0.5, 0.6) is 0 Å². The van der Waals surface area contributed by atoms with Gasteiger partial charge in [0.2, 0.25) is 0 Å². The number of aromatic nitrogens is 1. The highest BCUT2D eigenvalue weighted by Gasteiger charge is 2.08. The molecule has 0 amide bonds. The summed E-state index contributed by atoms with van der Waals surface area (Å²) in [4.78, 5) is 0. The predicted octanol–water partition coefficient (Wildman–Crippen LogP) is 6.53. The number of hydrogen-bond acceptors (Lipinski definition) is 0. The van der Waals surface area contributed by atoms with E-state index in [1.807, 2.05) is 0 Å². The summed E-state index contributed by atoms with van der Waals surface area (Å²) >= 11 is 3.50. The topological polar surface area (TPSA) is 4.93 Å². The number of hydrogen-bond donors (Lipinski definition) is 0. The number of fused-ring (bicyclic) bond motifs is 3. The Morgan fingerprint density at radius 2 is 1.14 bits per heavy atom. The summed E-state index contributed by atoms with van der Waals surface area (Å²) in [5.41, 5.74) is 2.76. The Labute approximate surface area is 141 Å². The minimum atomic E-state index is 1.13. The molecule has 3 aromatic rings. The van der Waals surface area contributed by atoms with Crippen molar-refractivity contribution in [2.75, 3.05) is 5.33 Å². The molecule has 0 atom stereocenters. The summed E-state index contributed by atoms with van der Waals surface area (Å²) in [5.74, 6) is 0. The van der Waals surface area contributed by atoms with Crippen molar-refractivity contribution >= 4 is 37.7 Å². The van der Waals surface area contributed by atoms with Gasteiger partial charge in [-0.3, -0.25) is 0 Å². The molecular formula is C20H24BrN. The summed E-state index contributed by atoms with van der Waals surface area (Å²) in [6, 6.07) is 17.6. The zero-order valence-electron chi connectivity index (χ0n) is 13.1. The number of unbranched alkanes of at least 4 members (excludes halogenated alkanes) is 5. The quantitative estimate of drug-likeness (QED) is 0.319. The zero-order chi connectivity index (χ0) is 15.2. The van der Waals surface area contributed by atoms with E-state index in [0.717, 1.165) is 11.9 Å². The van der Waals surface area contributed by atoms with E-state index in [-0.39, 0.29) is 0 Å². The molecule has 0 fully saturated rings. The fraction of sp³-hybridized carbons (Fsp3) is 0.400. The molecule has 0 spiro atoms. The fourth-order valence-electron chi connectivity index (χ4n) is 3.32. The standard InChI is InChI=1S/C20H24BrN/c21-15-9-3-1-2-4-10-16-22-19-13-7-5-11-17(19)18-12-6-8-14-20(18)22/h5-8,11-14H,1-4,9-10,15-16H2. The van der Waals surface area contributed by atoms with Crippen LogP contribution in [-0.4, -0.2) is 9.90 Å². The van der Waals surface area contributed by atoms with Gasteiger partial charge in [0.25, 0.3) is 0 Å². The molecule has 0 aliphatic rings. The van der Waals surface area contributed by atoms with E-state index in [2.05, 4.69) is 69.0 Å². The molecular weight excluding hydrogens is 334 g/mol. The van der Waals surface area contributed by atoms with E-state index >= 15 is 0 Å². The molecule has 0 unspecified atom stereocenters. The van der Waals surface area contributed by atoms with Crippen LogP contribution < -0.4 is 0 Å². The Hall–Kier alpha value is -1.28. The van der Waals surface area contributed by atoms with Gasteiger partial charge in [0.05, 0.1) is 0 Å². The zero-order valence-corrected chi connectivity index (χ0v) is 14.7. The number of halogens is 1. The first kappa shape index (κ1) is 15.6. The van der Waals surface area contributed by atoms with E-state index < -0.39 is 0 Å². The molecule has 0 saturated heterocycles. The molecule has 22 heavy (non-hydrogen) atoms. The van der Waals surface area contributed by atoms with Gasteiger partial charge in [0, 0.05) is 33.7 Å². The van der Waals surface area contributed by atoms with Crippen LogP contribution in [0.2, 0.25) is 0 Å². The van der Waals surface area contributed by atoms with E-state index in [0.29, 0.717) is 0 Å². The van der Waals surface area contributed by atoms with Crippen molar-refractivity contribution in [1.29, 1.82) is 0 Å². The molecule has 2 aromatic carbocycles. The third kappa shape index (κ3) is 3.38. The maximum atomic E-state index is 3.50. The first-order valence-electron chi connectivity index (χ1n) is 8.44. The number of para-hydroxylation sites is 2. The average Bonchev–Trinajstić information content (AvgIpc) is 2.89. The molecule has 0 saturated carbocycles. The lowest BCUT2D eigenvalue weighted by Crippen LogP contribution is -1.97. The highest BCUT2D eigenvalue weighted by Crippen LogP contribution is 2.29. The van der Waals surface area contributed by atoms with Crippen LogP contribution in [0.3, 0.4) is 0 Å². The van der Waals surface area contributed by atoms with Crippen molar-refractivity contribution in [1.82, 2.24) is 4.57 Å². The molecule has 0 N–H and O–H groups in total. The molecule has 1 nitrogen and oxygen atoms in total. The van der Waals surface area contributed by atoms with Gasteiger partial charge in [-0.15, -0.1) is 0 Å². The van der Waals surface area contributed by atoms with E-state index in [1.165, 1.54) is 60.3 Å². The minimum Gasteiger partial charge on any atom is -0.340 e. The summed E-state index contributed by atoms with van der Waals surface area (Å²) in [7, 11) is 0. The van der Waals surface area contributed by atoms with Gasteiger partial charge in [-0.2, -0.15) is 0 Å². The van der Waals surface area contributed by atoms with Crippen LogP contribution in [0.25, 0.3) is 21.8 Å². The number of nitrogens with zero attached hydrogens (tertiary/aromatic N) is 1. The normalized spacial score (nSPS) is 11.5. The van der Waals surface area contributed by atoms with Gasteiger partial charge in [-0.1, -0.05) is 78.0 Å². The van der Waals surface area contributed by atoms with Crippen molar-refractivity contribution in [3.05, 3.63) is 48.5 Å². The van der Waals surface area contributed by atoms with Crippen LogP contribution >= 0.6 is 15.9 Å². The van der Waals surface area contributed by atoms with Gasteiger partial charge in [0.1, 0.15) is 0 Å². The monoisotopic (exact) mass is 357 g/mol. The van der Waals surface area contributed by atoms with Gasteiger partial charge in [-0.05, 0) is 25.0 Å². The summed E-state index contributed by atoms with van der Waals surface area (Å²) in [6.07, 6.45) is 8.02. The van der Waals surface area contributed by atoms with E-state index in [1.54, 1.807) is 0 Å². The molecule has 1 aromatic heterocycles. The molecule has 3 rings (SSSR count). The number of alkyl halides is 1. The Balaban J connectivity index is 1.70. The second-order valence-corrected chi connectivity index (χ2v) is 6.79. The number of benzene rings is 2. The Bertz CT molecular complexity index is 675. The SMILES string of the molecule is BrCCCCCCCCn1c2ccccc2c2ccccc21. The average molecular weight is 358 g/mol. The molecule has 0 aliphatic heterocycles. The Morgan fingerprint density at radius 1 is 0.636 bits per heavy atom. The lowest BCUT2D eigenvalue weighted by molar-refractivity contribution is 0.572. The lowest BCUT2D eigenvalue weighted by Gasteiger charge is -2.07. The lowest BCUT2D eigenvalue weighted by atomic mass is 10.1. The first-order chi connectivity index (χ1) is 10.9. The third-order valence-corrected chi connectivity index (χ3v) is 5.01. The van der Waals surface area contributed by atoms with Crippen LogP contribution in [0, 0.1) is 0 Å². The van der Waals surface area contributed by atoms with E-state index in [4.69, 9.17) is 0 Å². The Morgan fingerprint density at radius 3 is 1.73 bits per heavy atom. The second-order valence-electron chi connectivity index (χ2n) is 6.00. The highest BCUT2D eigenvalue weighted by atomic mass is 79.9. The maximum Gasteiger partial charge on any atom is 0.0491 e. The van der Waals surface area contributed by atoms with Crippen molar-refractivity contribution in [2.45, 2.75) is 45.1 Å². The highest BCUT2D eigenvalue weighted by molar-refractivity contribution is 9.09. The van der Waals surface area contributed by atoms with Crippen LogP contribution in [0.4, 0.5) is 0 Å². The van der Waals surface area contributed by atoms with Crippen molar-refractivity contribution < 1.29 is 0 Å². The molecule has 0 radical (unpaired) electrons. The maximum absolute atomic E-state index is 3.50. The van der Waals surface area contributed by atoms with Gasteiger partial charge >= 0.3 is 0 Å². The Kier molecular flexibility index (Phi) is 5.55. The van der Waals surface area contributed by atoms with Gasteiger partial charge in [0.15, 0.2) is 0 Å². The van der Waals surface area contributed by atoms with Crippen LogP contribution in [0.1, 0.15) is 38.5 Å². The van der Waals surface area contributed by atoms with Gasteiger partial charge in [-0.25, -0.2) is 0 Å². The molecule has 1 heterocycles. The fourth-order valence-corrected chi connectivity index (χ4v) is 3.71. The number of aryl methyl sites for hydroxylation is 1. The minimum absolute atomic E-state index is 1.13. The predicted molar refractivity (Wildman–Crippen MR) is 101 cm³/mol. The van der Waals surface area contributed by atoms with Crippen molar-refractivity contribution in [3.8, 4) is 0 Å². The smallest absolute Gasteiger partial charge is 0.0491 e. The summed E-state index contributed by atoms with van der Waals surface area (Å²) in [6.45, 7) is 1.13. The number of rotatable bonds is 8. The van der Waals surface area contributed by atoms with Gasteiger partial charge < -0.3 is 4.57 Å². The second kappa shape index (κ2) is 7.82. The first-order valence-corrected chi connectivity index (χ1v) is 9.56. The molecule has 116 valence electrons. The molecule has 0 bridgehead atoms. The van der Waals surface area contributed by atoms with Crippen molar-refractivity contribution in [2.24, 2.45) is 0 Å². The van der Waals surface area contributed by atoms with Crippen LogP contribution in [-0.2, 0) is 6.54 Å². The van der Waals surface area contributed by atoms with E-state index in [9.17, 15) is 0 Å². The molecule has 0 aliphatic carbocycles. The third-order valence-electron chi connectivity index (χ3n) is 4.45. The summed E-state index contributed by atoms with van der Waals surface area (Å²) in [5, 5.41) is 3.92. The largest absolute Gasteiger partial charge is 0.340 e. The summed E-state index contributed by atoms with van der Waals surface area (Å²) < 4.78 is 2.50.